The SMILES string of the molecule is CC(=O)CCCC(C)(C)C.CC(=O)CCCCC(C)(C)C.CC(C)(C)CCCC(C(=O)O)c1ccccc1.CC(C)(C)CCCN1CCCS1(=O)=O.CC(C)(C)CCO.CC(C)(C)CC[C@@H]1C[C@H]1C(=O)O.CC(C)(C)CC[C@@H]1C[C@H]1C(=O)O.CC(C)COC(=O)C(C)(C)CCCC(C)(C)C.COC(=O)CCCC(C)(C)C.COCCOCCCC(C)(C)C. The lowest BCUT2D eigenvalue weighted by Gasteiger charge is -2.25. The quantitative estimate of drug-likeness (QED) is 0.0356. The lowest BCUT2D eigenvalue weighted by Crippen LogP contribution is -2.28. The maximum Gasteiger partial charge on any atom is 0.311 e. The van der Waals surface area contributed by atoms with Crippen molar-refractivity contribution in [3.05, 3.63) is 35.9 Å². The third kappa shape index (κ3) is 98.1. The molecule has 0 aromatic heterocycles. The number of sulfonamides is 1. The van der Waals surface area contributed by atoms with Gasteiger partial charge in [0.05, 0.1) is 55.9 Å². The first-order valence-corrected chi connectivity index (χ1v) is 48.7. The first kappa shape index (κ1) is 129. The second kappa shape index (κ2) is 64.5. The maximum absolute atomic E-state index is 11.9. The van der Waals surface area contributed by atoms with Crippen LogP contribution in [0.5, 0.6) is 0 Å². The molecule has 3 aliphatic rings. The number of methoxy groups -OCH3 is 2. The summed E-state index contributed by atoms with van der Waals surface area (Å²) in [6, 6.07) is 9.51. The summed E-state index contributed by atoms with van der Waals surface area (Å²) in [4.78, 5) is 75.9. The molecule has 1 unspecified atom stereocenters. The molecule has 730 valence electrons. The Morgan fingerprint density at radius 2 is 0.821 bits per heavy atom. The van der Waals surface area contributed by atoms with Crippen LogP contribution >= 0.6 is 0 Å². The summed E-state index contributed by atoms with van der Waals surface area (Å²) in [6.45, 7) is 81.9. The molecule has 5 atom stereocenters. The van der Waals surface area contributed by atoms with Crippen LogP contribution < -0.4 is 0 Å². The number of aliphatic carboxylic acids is 3. The lowest BCUT2D eigenvalue weighted by molar-refractivity contribution is -0.155. The van der Waals surface area contributed by atoms with E-state index in [2.05, 4.69) is 226 Å². The van der Waals surface area contributed by atoms with Gasteiger partial charge in [0.25, 0.3) is 0 Å². The topological polar surface area (TPSA) is 275 Å². The molecule has 2 aliphatic carbocycles. The molecule has 2 saturated carbocycles. The van der Waals surface area contributed by atoms with Crippen LogP contribution in [-0.2, 0) is 62.5 Å². The van der Waals surface area contributed by atoms with E-state index in [1.165, 1.54) is 26.4 Å². The van der Waals surface area contributed by atoms with E-state index in [4.69, 9.17) is 29.5 Å². The van der Waals surface area contributed by atoms with E-state index in [1.807, 2.05) is 44.2 Å². The molecule has 0 spiro atoms. The minimum absolute atomic E-state index is 0.0210. The van der Waals surface area contributed by atoms with Gasteiger partial charge in [-0.3, -0.25) is 24.0 Å². The van der Waals surface area contributed by atoms with E-state index in [0.717, 1.165) is 179 Å². The van der Waals surface area contributed by atoms with Crippen molar-refractivity contribution in [3.63, 3.8) is 0 Å². The molecule has 1 saturated heterocycles. The van der Waals surface area contributed by atoms with Gasteiger partial charge in [-0.05, 0) is 246 Å². The molecule has 4 rings (SSSR count). The summed E-state index contributed by atoms with van der Waals surface area (Å²) < 4.78 is 44.6. The number of carbonyl (C=O) groups excluding carboxylic acids is 4. The Hall–Kier alpha value is -4.30. The number of ketones is 2. The van der Waals surface area contributed by atoms with Crippen LogP contribution in [0.3, 0.4) is 0 Å². The monoisotopic (exact) mass is 1770 g/mol. The molecule has 0 radical (unpaired) electrons. The molecule has 3 fully saturated rings. The van der Waals surface area contributed by atoms with E-state index >= 15 is 0 Å². The van der Waals surface area contributed by atoms with Gasteiger partial charge in [-0.15, -0.1) is 0 Å². The number of aliphatic hydroxyl groups excluding tert-OH is 1. The number of carboxylic acid groups (broad SMARTS) is 3. The summed E-state index contributed by atoms with van der Waals surface area (Å²) in [5, 5.41) is 35.0. The van der Waals surface area contributed by atoms with Gasteiger partial charge in [-0.1, -0.05) is 271 Å². The average molecular weight is 1770 g/mol. The number of aliphatic hydroxyl groups is 1. The molecule has 123 heavy (non-hydrogen) atoms. The Morgan fingerprint density at radius 1 is 0.447 bits per heavy atom. The molecule has 1 aromatic rings. The number of rotatable bonds is 37. The van der Waals surface area contributed by atoms with Gasteiger partial charge in [0.1, 0.15) is 11.6 Å². The van der Waals surface area contributed by atoms with Gasteiger partial charge in [0.15, 0.2) is 0 Å². The molecule has 0 bridgehead atoms. The van der Waals surface area contributed by atoms with Crippen LogP contribution in [0.1, 0.15) is 441 Å². The van der Waals surface area contributed by atoms with Crippen LogP contribution in [0.2, 0.25) is 0 Å². The molecular weight excluding hydrogens is 1570 g/mol. The van der Waals surface area contributed by atoms with Crippen molar-refractivity contribution in [2.75, 3.05) is 66.1 Å². The number of carbonyl (C=O) groups is 7. The number of ether oxygens (including phenoxy) is 4. The first-order valence-electron chi connectivity index (χ1n) is 47.1. The third-order valence-corrected chi connectivity index (χ3v) is 22.5. The maximum atomic E-state index is 11.9. The fourth-order valence-electron chi connectivity index (χ4n) is 12.3. The summed E-state index contributed by atoms with van der Waals surface area (Å²) in [6.07, 6.45) is 28.0. The van der Waals surface area contributed by atoms with E-state index in [9.17, 15) is 47.1 Å². The lowest BCUT2D eigenvalue weighted by atomic mass is 9.82. The van der Waals surface area contributed by atoms with E-state index in [1.54, 1.807) is 25.3 Å². The van der Waals surface area contributed by atoms with Crippen LogP contribution in [-0.4, -0.2) is 141 Å². The van der Waals surface area contributed by atoms with Gasteiger partial charge >= 0.3 is 29.8 Å². The Kier molecular flexibility index (Phi) is 67.8. The van der Waals surface area contributed by atoms with E-state index in [0.29, 0.717) is 117 Å². The van der Waals surface area contributed by atoms with Gasteiger partial charge in [-0.2, -0.15) is 0 Å². The summed E-state index contributed by atoms with van der Waals surface area (Å²) in [5.74, 6) is -0.154. The van der Waals surface area contributed by atoms with Gasteiger partial charge in [0.2, 0.25) is 10.0 Å². The summed E-state index contributed by atoms with van der Waals surface area (Å²) in [5.41, 5.74) is 4.08. The van der Waals surface area contributed by atoms with Crippen molar-refractivity contribution in [2.45, 2.75) is 435 Å². The molecule has 4 N–H and O–H groups in total. The second-order valence-electron chi connectivity index (χ2n) is 48.2. The minimum Gasteiger partial charge on any atom is -0.481 e. The zero-order valence-electron chi connectivity index (χ0n) is 87.3. The van der Waals surface area contributed by atoms with Crippen molar-refractivity contribution in [3.8, 4) is 0 Å². The van der Waals surface area contributed by atoms with Crippen molar-refractivity contribution in [2.24, 2.45) is 89.2 Å². The predicted molar refractivity (Wildman–Crippen MR) is 518 cm³/mol. The van der Waals surface area contributed by atoms with Crippen LogP contribution in [0.15, 0.2) is 30.3 Å². The Balaban J connectivity index is -0.000000312. The van der Waals surface area contributed by atoms with E-state index < -0.39 is 27.9 Å². The van der Waals surface area contributed by atoms with Crippen molar-refractivity contribution in [1.82, 2.24) is 4.31 Å². The standard InChI is InChI=1S/C15H22O2.C15H30O2.C10H21NO2S.2C10H18O2.C10H22O2.C10H20O.C9H18O2.C9H18O.C6H14O/c1-15(2,3)11-7-10-13(14(16)17)12-8-5-4-6-9-12;1-12(2)11-17-13(16)15(6,7)10-8-9-14(3,4)5;1-10(2,3)6-4-7-11-8-5-9-14(11,12)13;2*1-10(2,3)5-4-7-6-8(7)9(11)12;1-10(2,3)6-5-7-12-9-8-11-4;1-9(11)7-5-6-8-10(2,3)4;1-9(2,3)7-5-6-8(10)11-4;1-8(10)6-5-7-9(2,3)4;1-6(2,3)4-5-7/h4-6,8-9,13H,7,10-11H2,1-3H3,(H,16,17);12H,8-11H2,1-7H3;4-9H2,1-3H3;2*7-8H,4-6H2,1-3H3,(H,11,12);5-9H2,1-4H3;5-8H2,1-4H3;5-7H2,1-4H3;5-7H2,1-4H3;7H,4-5H2,1-3H3/t;;;2*7-,8-;;;;;/m...11...../s1. The van der Waals surface area contributed by atoms with Gasteiger partial charge in [0, 0.05) is 52.7 Å². The fourth-order valence-corrected chi connectivity index (χ4v) is 13.9. The highest BCUT2D eigenvalue weighted by Gasteiger charge is 2.44. The number of hydrogen-bond donors (Lipinski definition) is 4. The summed E-state index contributed by atoms with van der Waals surface area (Å²) in [7, 11) is 0.251. The molecule has 0 amide bonds. The number of Topliss-reactive ketones (excluding diaryl/α,β-unsaturated/α-hetero) is 2. The highest BCUT2D eigenvalue weighted by Crippen LogP contribution is 2.45. The van der Waals surface area contributed by atoms with Gasteiger partial charge < -0.3 is 49.0 Å². The molecular formula is C104H201NO17S. The predicted octanol–water partition coefficient (Wildman–Crippen LogP) is 27.7. The number of carboxylic acids is 3. The molecule has 18 nitrogen and oxygen atoms in total. The molecule has 1 aliphatic heterocycles. The minimum atomic E-state index is -2.87. The van der Waals surface area contributed by atoms with E-state index in [-0.39, 0.29) is 40.5 Å². The van der Waals surface area contributed by atoms with Crippen LogP contribution in [0.25, 0.3) is 0 Å². The normalized spacial score (nSPS) is 16.7. The van der Waals surface area contributed by atoms with Crippen molar-refractivity contribution >= 4 is 51.4 Å². The number of esters is 2. The number of nitrogens with zero attached hydrogens (tertiary/aromatic N) is 1. The van der Waals surface area contributed by atoms with Crippen LogP contribution in [0.4, 0.5) is 0 Å². The third-order valence-electron chi connectivity index (χ3n) is 20.5. The largest absolute Gasteiger partial charge is 0.481 e. The van der Waals surface area contributed by atoms with Gasteiger partial charge in [-0.25, -0.2) is 12.7 Å². The first-order chi connectivity index (χ1) is 55.5. The van der Waals surface area contributed by atoms with Crippen molar-refractivity contribution in [1.29, 1.82) is 0 Å². The van der Waals surface area contributed by atoms with Crippen molar-refractivity contribution < 1.29 is 81.4 Å². The Morgan fingerprint density at radius 3 is 1.15 bits per heavy atom. The molecule has 19 heteroatoms. The number of unbranched alkanes of at least 4 members (excludes halogenated alkanes) is 1. The Bertz CT molecular complexity index is 2970. The molecule has 1 heterocycles. The zero-order chi connectivity index (χ0) is 97.5. The van der Waals surface area contributed by atoms with Crippen LogP contribution in [0, 0.1) is 89.2 Å². The number of hydrogen-bond acceptors (Lipinski definition) is 14. The second-order valence-corrected chi connectivity index (χ2v) is 50.3. The summed E-state index contributed by atoms with van der Waals surface area (Å²) >= 11 is 0. The average Bonchev–Trinajstić information content (AvgIpc) is 1.69. The molecule has 1 aromatic carbocycles. The smallest absolute Gasteiger partial charge is 0.311 e. The Labute approximate surface area is 759 Å². The number of benzene rings is 1. The highest BCUT2D eigenvalue weighted by atomic mass is 32.2. The fraction of sp³-hybridized carbons (Fsp3) is 0.875. The highest BCUT2D eigenvalue weighted by molar-refractivity contribution is 7.89. The zero-order valence-corrected chi connectivity index (χ0v) is 88.1.